The predicted octanol–water partition coefficient (Wildman–Crippen LogP) is 3.71. The van der Waals surface area contributed by atoms with Crippen LogP contribution in [0.5, 0.6) is 0 Å². The summed E-state index contributed by atoms with van der Waals surface area (Å²) in [5.41, 5.74) is 0.806. The van der Waals surface area contributed by atoms with E-state index in [4.69, 9.17) is 14.4 Å². The minimum atomic E-state index is -0.254. The number of thioether (sulfide) groups is 1. The second kappa shape index (κ2) is 8.74. The van der Waals surface area contributed by atoms with Gasteiger partial charge in [0.25, 0.3) is 5.91 Å². The molecule has 1 aliphatic heterocycles. The molecule has 4 rings (SSSR count). The Morgan fingerprint density at radius 2 is 2.10 bits per heavy atom. The number of anilines is 1. The van der Waals surface area contributed by atoms with Crippen molar-refractivity contribution < 1.29 is 9.21 Å². The molecule has 1 amide bonds. The maximum atomic E-state index is 12.2. The van der Waals surface area contributed by atoms with Gasteiger partial charge in [-0.3, -0.25) is 4.79 Å². The highest BCUT2D eigenvalue weighted by atomic mass is 79.9. The maximum absolute atomic E-state index is 12.2. The highest BCUT2D eigenvalue weighted by molar-refractivity contribution is 9.10. The summed E-state index contributed by atoms with van der Waals surface area (Å²) >= 11 is 4.85. The summed E-state index contributed by atoms with van der Waals surface area (Å²) in [5.74, 6) is 0.985. The lowest BCUT2D eigenvalue weighted by Crippen LogP contribution is -2.27. The van der Waals surface area contributed by atoms with E-state index in [0.717, 1.165) is 35.1 Å². The first-order valence-corrected chi connectivity index (χ1v) is 11.4. The van der Waals surface area contributed by atoms with Crippen molar-refractivity contribution in [2.45, 2.75) is 43.6 Å². The van der Waals surface area contributed by atoms with E-state index in [0.29, 0.717) is 23.0 Å². The van der Waals surface area contributed by atoms with Crippen LogP contribution >= 0.6 is 27.7 Å². The van der Waals surface area contributed by atoms with Gasteiger partial charge in [-0.25, -0.2) is 14.6 Å². The number of hydrogen-bond acceptors (Lipinski definition) is 7. The number of amides is 1. The molecule has 0 aromatic carbocycles. The van der Waals surface area contributed by atoms with Crippen LogP contribution in [0.2, 0.25) is 0 Å². The lowest BCUT2D eigenvalue weighted by atomic mass is 10.3. The third kappa shape index (κ3) is 4.58. The summed E-state index contributed by atoms with van der Waals surface area (Å²) in [7, 11) is 0. The second-order valence-corrected chi connectivity index (χ2v) is 9.48. The molecular weight excluding hydrogens is 456 g/mol. The van der Waals surface area contributed by atoms with Crippen LogP contribution in [0.3, 0.4) is 0 Å². The number of hydrogen-bond donors (Lipinski definition) is 1. The lowest BCUT2D eigenvalue weighted by Gasteiger charge is -2.18. The summed E-state index contributed by atoms with van der Waals surface area (Å²) in [4.78, 5) is 24.1. The molecule has 1 aliphatic rings. The highest BCUT2D eigenvalue weighted by Gasteiger charge is 2.21. The molecule has 0 saturated carbocycles. The van der Waals surface area contributed by atoms with E-state index in [2.05, 4.69) is 45.1 Å². The van der Waals surface area contributed by atoms with Crippen LogP contribution in [0.1, 0.15) is 37.2 Å². The predicted molar refractivity (Wildman–Crippen MR) is 117 cm³/mol. The monoisotopic (exact) mass is 478 g/mol. The summed E-state index contributed by atoms with van der Waals surface area (Å²) in [5, 5.41) is 9.49. The van der Waals surface area contributed by atoms with Crippen molar-refractivity contribution in [3.63, 3.8) is 0 Å². The van der Waals surface area contributed by atoms with E-state index >= 15 is 0 Å². The fraction of sp³-hybridized carbons (Fsp3) is 0.474. The van der Waals surface area contributed by atoms with E-state index in [9.17, 15) is 4.79 Å². The third-order valence-electron chi connectivity index (χ3n) is 4.61. The van der Waals surface area contributed by atoms with Gasteiger partial charge in [-0.1, -0.05) is 25.6 Å². The normalized spacial score (nSPS) is 14.3. The second-order valence-electron chi connectivity index (χ2n) is 7.16. The molecule has 8 nitrogen and oxygen atoms in total. The van der Waals surface area contributed by atoms with E-state index in [1.165, 1.54) is 12.8 Å². The molecule has 29 heavy (non-hydrogen) atoms. The molecule has 0 aliphatic carbocycles. The summed E-state index contributed by atoms with van der Waals surface area (Å²) in [6, 6.07) is 3.33. The average molecular weight is 479 g/mol. The zero-order valence-corrected chi connectivity index (χ0v) is 18.8. The average Bonchev–Trinajstić information content (AvgIpc) is 3.42. The van der Waals surface area contributed by atoms with E-state index in [1.807, 2.05) is 10.9 Å². The van der Waals surface area contributed by atoms with Gasteiger partial charge >= 0.3 is 0 Å². The van der Waals surface area contributed by atoms with Crippen LogP contribution in [0, 0.1) is 0 Å². The Bertz CT molecular complexity index is 1010. The molecular formula is C19H23BrN6O2S. The van der Waals surface area contributed by atoms with Gasteiger partial charge in [-0.2, -0.15) is 5.10 Å². The lowest BCUT2D eigenvalue weighted by molar-refractivity contribution is 0.0923. The number of rotatable bonds is 7. The Hall–Kier alpha value is -2.07. The van der Waals surface area contributed by atoms with Gasteiger partial charge in [-0.05, 0) is 40.9 Å². The van der Waals surface area contributed by atoms with Gasteiger partial charge < -0.3 is 14.6 Å². The highest BCUT2D eigenvalue weighted by Crippen LogP contribution is 2.30. The van der Waals surface area contributed by atoms with Crippen molar-refractivity contribution in [3.8, 4) is 0 Å². The number of carbonyl (C=O) groups is 1. The Kier molecular flexibility index (Phi) is 6.09. The third-order valence-corrected chi connectivity index (χ3v) is 5.90. The van der Waals surface area contributed by atoms with Gasteiger partial charge in [0.15, 0.2) is 21.2 Å². The molecule has 154 valence electrons. The fourth-order valence-electron chi connectivity index (χ4n) is 3.32. The Balaban J connectivity index is 1.54. The SMILES string of the molecule is CC(C)Sc1nc(N2CCCC2)c2cnn(CCNC(=O)c3ccc(Br)o3)c2n1. The topological polar surface area (TPSA) is 89.1 Å². The number of nitrogens with one attached hydrogen (secondary N) is 1. The first-order valence-electron chi connectivity index (χ1n) is 9.70. The molecule has 0 bridgehead atoms. The molecule has 10 heteroatoms. The van der Waals surface area contributed by atoms with Gasteiger partial charge in [0.2, 0.25) is 0 Å². The Morgan fingerprint density at radius 3 is 2.79 bits per heavy atom. The zero-order valence-electron chi connectivity index (χ0n) is 16.4. The maximum Gasteiger partial charge on any atom is 0.287 e. The fourth-order valence-corrected chi connectivity index (χ4v) is 4.32. The van der Waals surface area contributed by atoms with Crippen LogP contribution in [-0.4, -0.2) is 50.5 Å². The summed E-state index contributed by atoms with van der Waals surface area (Å²) in [6.07, 6.45) is 4.20. The molecule has 0 spiro atoms. The minimum Gasteiger partial charge on any atom is -0.444 e. The molecule has 0 atom stereocenters. The van der Waals surface area contributed by atoms with E-state index in [-0.39, 0.29) is 11.7 Å². The standard InChI is InChI=1S/C19H23BrN6O2S/c1-12(2)29-19-23-16(25-8-3-4-9-25)13-11-22-26(17(13)24-19)10-7-21-18(27)14-5-6-15(20)28-14/h5-6,11-12H,3-4,7-10H2,1-2H3,(H,21,27). The van der Waals surface area contributed by atoms with Crippen molar-refractivity contribution in [2.75, 3.05) is 24.5 Å². The van der Waals surface area contributed by atoms with Crippen LogP contribution in [0.4, 0.5) is 5.82 Å². The first kappa shape index (κ1) is 20.2. The molecule has 4 heterocycles. The van der Waals surface area contributed by atoms with E-state index in [1.54, 1.807) is 23.9 Å². The molecule has 0 radical (unpaired) electrons. The minimum absolute atomic E-state index is 0.254. The molecule has 1 fully saturated rings. The molecule has 1 saturated heterocycles. The largest absolute Gasteiger partial charge is 0.444 e. The van der Waals surface area contributed by atoms with Gasteiger partial charge in [0.05, 0.1) is 18.1 Å². The Labute approximate surface area is 181 Å². The molecule has 3 aromatic heterocycles. The van der Waals surface area contributed by atoms with Crippen LogP contribution in [0.15, 0.2) is 32.6 Å². The number of furan rings is 1. The van der Waals surface area contributed by atoms with Crippen molar-refractivity contribution in [1.82, 2.24) is 25.1 Å². The molecule has 1 N–H and O–H groups in total. The van der Waals surface area contributed by atoms with Crippen molar-refractivity contribution >= 4 is 50.5 Å². The van der Waals surface area contributed by atoms with Crippen molar-refractivity contribution in [1.29, 1.82) is 0 Å². The van der Waals surface area contributed by atoms with Gasteiger partial charge in [0, 0.05) is 24.9 Å². The number of carbonyl (C=O) groups excluding carboxylic acids is 1. The Morgan fingerprint density at radius 1 is 1.31 bits per heavy atom. The van der Waals surface area contributed by atoms with Gasteiger partial charge in [0.1, 0.15) is 5.82 Å². The summed E-state index contributed by atoms with van der Waals surface area (Å²) in [6.45, 7) is 7.22. The zero-order chi connectivity index (χ0) is 20.4. The number of nitrogens with zero attached hydrogens (tertiary/aromatic N) is 5. The van der Waals surface area contributed by atoms with Crippen LogP contribution in [0.25, 0.3) is 11.0 Å². The molecule has 3 aromatic rings. The number of fused-ring (bicyclic) bond motifs is 1. The van der Waals surface area contributed by atoms with Crippen LogP contribution in [-0.2, 0) is 6.54 Å². The van der Waals surface area contributed by atoms with E-state index < -0.39 is 0 Å². The smallest absolute Gasteiger partial charge is 0.287 e. The molecule has 0 unspecified atom stereocenters. The van der Waals surface area contributed by atoms with Crippen molar-refractivity contribution in [3.05, 3.63) is 28.8 Å². The van der Waals surface area contributed by atoms with Gasteiger partial charge in [-0.15, -0.1) is 0 Å². The quantitative estimate of drug-likeness (QED) is 0.408. The summed E-state index contributed by atoms with van der Waals surface area (Å²) < 4.78 is 7.64. The first-order chi connectivity index (χ1) is 14.0. The van der Waals surface area contributed by atoms with Crippen LogP contribution < -0.4 is 10.2 Å². The number of halogens is 1. The number of aromatic nitrogens is 4. The van der Waals surface area contributed by atoms with Crippen molar-refractivity contribution in [2.24, 2.45) is 0 Å².